The quantitative estimate of drug-likeness (QED) is 0.440. The van der Waals surface area contributed by atoms with Gasteiger partial charge in [-0.1, -0.05) is 12.1 Å². The molecule has 0 saturated carbocycles. The summed E-state index contributed by atoms with van der Waals surface area (Å²) in [5.74, 6) is 0.407. The third-order valence-corrected chi connectivity index (χ3v) is 2.39. The van der Waals surface area contributed by atoms with Gasteiger partial charge < -0.3 is 27.2 Å². The summed E-state index contributed by atoms with van der Waals surface area (Å²) in [4.78, 5) is 0. The van der Waals surface area contributed by atoms with Crippen LogP contribution in [0.4, 0.5) is 12.9 Å². The Morgan fingerprint density at radius 3 is 2.15 bits per heavy atom. The molecule has 0 saturated heterocycles. The van der Waals surface area contributed by atoms with Gasteiger partial charge in [0.1, 0.15) is 12.4 Å². The van der Waals surface area contributed by atoms with E-state index >= 15 is 0 Å². The monoisotopic (exact) mass is 316 g/mol. The molecule has 0 bridgehead atoms. The Kier molecular flexibility index (Phi) is 11.3. The maximum atomic E-state index is 12.4. The number of ether oxygens (including phenoxy) is 3. The van der Waals surface area contributed by atoms with Crippen molar-refractivity contribution in [2.75, 3.05) is 33.5 Å². The van der Waals surface area contributed by atoms with Gasteiger partial charge in [-0.25, -0.2) is 0 Å². The van der Waals surface area contributed by atoms with Gasteiger partial charge in [0.05, 0.1) is 6.61 Å². The van der Waals surface area contributed by atoms with Crippen molar-refractivity contribution in [1.82, 2.24) is 0 Å². The maximum Gasteiger partial charge on any atom is 1.00 e. The summed E-state index contributed by atoms with van der Waals surface area (Å²) in [5, 5.41) is 0. The van der Waals surface area contributed by atoms with Crippen LogP contribution in [0.5, 0.6) is 5.75 Å². The Morgan fingerprint density at radius 1 is 0.950 bits per heavy atom. The average Bonchev–Trinajstić information content (AvgIpc) is 2.37. The molecule has 0 aliphatic heterocycles. The van der Waals surface area contributed by atoms with E-state index in [0.29, 0.717) is 32.2 Å². The minimum Gasteiger partial charge on any atom is -0.491 e. The van der Waals surface area contributed by atoms with Crippen LogP contribution in [0.3, 0.4) is 0 Å². The zero-order valence-electron chi connectivity index (χ0n) is 11.8. The summed E-state index contributed by atoms with van der Waals surface area (Å²) in [7, 11) is 1.62. The first-order chi connectivity index (χ1) is 9.04. The second-order valence-electron chi connectivity index (χ2n) is 3.95. The number of rotatable bonds is 9. The van der Waals surface area contributed by atoms with E-state index in [2.05, 4.69) is 0 Å². The first-order valence-electron chi connectivity index (χ1n) is 6.03. The fourth-order valence-electron chi connectivity index (χ4n) is 1.41. The minimum atomic E-state index is -4.94. The van der Waals surface area contributed by atoms with E-state index in [9.17, 15) is 12.9 Å². The molecule has 0 aliphatic carbocycles. The minimum absolute atomic E-state index is 0. The molecule has 1 rings (SSSR count). The molecule has 8 heteroatoms. The van der Waals surface area contributed by atoms with Crippen LogP contribution >= 0.6 is 0 Å². The number of halogens is 3. The summed E-state index contributed by atoms with van der Waals surface area (Å²) >= 11 is 0. The molecule has 0 amide bonds. The molecule has 0 fully saturated rings. The first kappa shape index (κ1) is 20.4. The molecule has 1 aromatic carbocycles. The largest absolute Gasteiger partial charge is 1.00 e. The zero-order valence-corrected chi connectivity index (χ0v) is 14.9. The number of hydrogen-bond donors (Lipinski definition) is 0. The SMILES string of the molecule is COCCCOCCOc1ccc([B-](F)(F)F)cc1.[K+]. The second kappa shape index (κ2) is 11.1. The smallest absolute Gasteiger partial charge is 0.491 e. The van der Waals surface area contributed by atoms with Crippen LogP contribution in [-0.4, -0.2) is 40.5 Å². The van der Waals surface area contributed by atoms with Crippen molar-refractivity contribution >= 4 is 12.4 Å². The maximum absolute atomic E-state index is 12.4. The molecule has 0 aliphatic rings. The molecule has 0 heterocycles. The van der Waals surface area contributed by atoms with Crippen LogP contribution in [-0.2, 0) is 9.47 Å². The van der Waals surface area contributed by atoms with Gasteiger partial charge in [-0.3, -0.25) is 0 Å². The molecular formula is C12H17BF3KO3. The Balaban J connectivity index is 0.00000361. The predicted molar refractivity (Wildman–Crippen MR) is 68.0 cm³/mol. The van der Waals surface area contributed by atoms with Gasteiger partial charge >= 0.3 is 58.4 Å². The third-order valence-electron chi connectivity index (χ3n) is 2.39. The Morgan fingerprint density at radius 2 is 1.60 bits per heavy atom. The molecule has 1 aromatic rings. The van der Waals surface area contributed by atoms with Crippen molar-refractivity contribution in [1.29, 1.82) is 0 Å². The summed E-state index contributed by atoms with van der Waals surface area (Å²) in [5.41, 5.74) is -0.622. The molecule has 0 atom stereocenters. The molecule has 0 radical (unpaired) electrons. The van der Waals surface area contributed by atoms with E-state index in [4.69, 9.17) is 14.2 Å². The summed E-state index contributed by atoms with van der Waals surface area (Å²) in [6.07, 6.45) is 0.804. The van der Waals surface area contributed by atoms with Gasteiger partial charge in [-0.05, 0) is 18.6 Å². The standard InChI is InChI=1S/C12H17BF3O3.K/c1-17-7-2-8-18-9-10-19-12-5-3-11(4-6-12)13(14,15)16;/h3-6H,2,7-10H2,1H3;/q-1;+1. The summed E-state index contributed by atoms with van der Waals surface area (Å²) < 4.78 is 52.5. The van der Waals surface area contributed by atoms with Crippen LogP contribution in [0, 0.1) is 0 Å². The second-order valence-corrected chi connectivity index (χ2v) is 3.95. The molecule has 0 N–H and O–H groups in total. The molecule has 20 heavy (non-hydrogen) atoms. The van der Waals surface area contributed by atoms with E-state index < -0.39 is 12.4 Å². The van der Waals surface area contributed by atoms with E-state index in [1.165, 1.54) is 12.1 Å². The number of benzene rings is 1. The topological polar surface area (TPSA) is 27.7 Å². The van der Waals surface area contributed by atoms with Crippen molar-refractivity contribution in [3.8, 4) is 5.75 Å². The van der Waals surface area contributed by atoms with Gasteiger partial charge in [-0.2, -0.15) is 0 Å². The van der Waals surface area contributed by atoms with Crippen LogP contribution in [0.1, 0.15) is 6.42 Å². The average molecular weight is 316 g/mol. The molecule has 108 valence electrons. The molecular weight excluding hydrogens is 299 g/mol. The van der Waals surface area contributed by atoms with Crippen LogP contribution in [0.2, 0.25) is 0 Å². The van der Waals surface area contributed by atoms with Crippen LogP contribution in [0.15, 0.2) is 24.3 Å². The Bertz CT molecular complexity index is 360. The molecule has 3 nitrogen and oxygen atoms in total. The molecule has 0 unspecified atom stereocenters. The van der Waals surface area contributed by atoms with Crippen molar-refractivity contribution in [3.05, 3.63) is 24.3 Å². The number of methoxy groups -OCH3 is 1. The van der Waals surface area contributed by atoms with Crippen LogP contribution in [0.25, 0.3) is 0 Å². The van der Waals surface area contributed by atoms with Gasteiger partial charge in [0.2, 0.25) is 0 Å². The van der Waals surface area contributed by atoms with E-state index in [-0.39, 0.29) is 51.4 Å². The van der Waals surface area contributed by atoms with Crippen molar-refractivity contribution in [2.45, 2.75) is 6.42 Å². The van der Waals surface area contributed by atoms with E-state index in [0.717, 1.165) is 18.6 Å². The van der Waals surface area contributed by atoms with Crippen LogP contribution < -0.4 is 61.6 Å². The van der Waals surface area contributed by atoms with Crippen molar-refractivity contribution in [3.63, 3.8) is 0 Å². The third kappa shape index (κ3) is 8.66. The van der Waals surface area contributed by atoms with Gasteiger partial charge in [-0.15, -0.1) is 5.46 Å². The van der Waals surface area contributed by atoms with Gasteiger partial charge in [0, 0.05) is 20.3 Å². The summed E-state index contributed by atoms with van der Waals surface area (Å²) in [6.45, 7) is -3.02. The fraction of sp³-hybridized carbons (Fsp3) is 0.500. The van der Waals surface area contributed by atoms with Gasteiger partial charge in [0.25, 0.3) is 0 Å². The van der Waals surface area contributed by atoms with E-state index in [1.54, 1.807) is 7.11 Å². The molecule has 0 aromatic heterocycles. The Labute approximate surface area is 159 Å². The van der Waals surface area contributed by atoms with E-state index in [1.807, 2.05) is 0 Å². The zero-order chi connectivity index (χ0) is 14.1. The van der Waals surface area contributed by atoms with Crippen molar-refractivity contribution in [2.24, 2.45) is 0 Å². The van der Waals surface area contributed by atoms with Gasteiger partial charge in [0.15, 0.2) is 0 Å². The first-order valence-corrected chi connectivity index (χ1v) is 6.03. The number of hydrogen-bond acceptors (Lipinski definition) is 3. The normalized spacial score (nSPS) is 11.0. The predicted octanol–water partition coefficient (Wildman–Crippen LogP) is -0.823. The Hall–Kier alpha value is 0.431. The summed E-state index contributed by atoms with van der Waals surface area (Å²) in [6, 6.07) is 4.68. The fourth-order valence-corrected chi connectivity index (χ4v) is 1.41. The van der Waals surface area contributed by atoms with Crippen molar-refractivity contribution < 1.29 is 78.5 Å². The molecule has 0 spiro atoms.